The maximum atomic E-state index is 12.1. The van der Waals surface area contributed by atoms with Gasteiger partial charge in [-0.1, -0.05) is 5.21 Å². The second-order valence-corrected chi connectivity index (χ2v) is 6.66. The lowest BCUT2D eigenvalue weighted by atomic mass is 10.2. The predicted octanol–water partition coefficient (Wildman–Crippen LogP) is 1.14. The number of amides is 1. The van der Waals surface area contributed by atoms with Crippen LogP contribution in [0.1, 0.15) is 29.0 Å². The molecule has 1 saturated heterocycles. The van der Waals surface area contributed by atoms with Crippen LogP contribution in [-0.4, -0.2) is 49.5 Å². The van der Waals surface area contributed by atoms with Crippen LogP contribution in [0, 0.1) is 0 Å². The Balaban J connectivity index is 1.28. The summed E-state index contributed by atoms with van der Waals surface area (Å²) in [6.45, 7) is 1.96. The molecule has 0 aliphatic carbocycles. The van der Waals surface area contributed by atoms with E-state index in [1.54, 1.807) is 22.2 Å². The van der Waals surface area contributed by atoms with E-state index < -0.39 is 0 Å². The predicted molar refractivity (Wildman–Crippen MR) is 88.1 cm³/mol. The van der Waals surface area contributed by atoms with Crippen molar-refractivity contribution in [3.05, 3.63) is 35.4 Å². The molecule has 1 fully saturated rings. The molecule has 0 bridgehead atoms. The van der Waals surface area contributed by atoms with E-state index in [1.807, 2.05) is 22.2 Å². The van der Waals surface area contributed by atoms with Gasteiger partial charge in [-0.05, 0) is 12.8 Å². The molecule has 1 aliphatic rings. The second kappa shape index (κ2) is 6.70. The molecule has 4 heterocycles. The summed E-state index contributed by atoms with van der Waals surface area (Å²) in [5.41, 5.74) is 1.29. The Bertz CT molecular complexity index is 803. The van der Waals surface area contributed by atoms with Gasteiger partial charge in [0.2, 0.25) is 0 Å². The lowest BCUT2D eigenvalue weighted by Gasteiger charge is -2.07. The Morgan fingerprint density at radius 2 is 2.42 bits per heavy atom. The fraction of sp³-hybridized carbons (Fsp3) is 0.467. The van der Waals surface area contributed by atoms with E-state index in [2.05, 4.69) is 20.6 Å². The topological polar surface area (TPSA) is 86.3 Å². The van der Waals surface area contributed by atoms with Gasteiger partial charge in [-0.25, -0.2) is 9.67 Å². The van der Waals surface area contributed by atoms with Crippen molar-refractivity contribution in [2.75, 3.05) is 13.2 Å². The molecule has 9 heteroatoms. The van der Waals surface area contributed by atoms with E-state index in [4.69, 9.17) is 4.74 Å². The summed E-state index contributed by atoms with van der Waals surface area (Å²) in [7, 11) is 0. The Morgan fingerprint density at radius 1 is 1.46 bits per heavy atom. The molecule has 1 N–H and O–H groups in total. The molecule has 126 valence electrons. The zero-order valence-corrected chi connectivity index (χ0v) is 13.9. The molecule has 24 heavy (non-hydrogen) atoms. The van der Waals surface area contributed by atoms with E-state index in [0.29, 0.717) is 25.2 Å². The van der Waals surface area contributed by atoms with Gasteiger partial charge in [0.15, 0.2) is 10.7 Å². The van der Waals surface area contributed by atoms with Gasteiger partial charge in [-0.15, -0.1) is 16.4 Å². The average Bonchev–Trinajstić information content (AvgIpc) is 3.31. The highest BCUT2D eigenvalue weighted by Gasteiger charge is 2.18. The number of hydrogen-bond donors (Lipinski definition) is 1. The summed E-state index contributed by atoms with van der Waals surface area (Å²) >= 11 is 1.59. The van der Waals surface area contributed by atoms with Crippen molar-refractivity contribution in [3.63, 3.8) is 0 Å². The molecule has 0 spiro atoms. The van der Waals surface area contributed by atoms with Crippen LogP contribution in [0.3, 0.4) is 0 Å². The number of hydrogen-bond acceptors (Lipinski definition) is 6. The lowest BCUT2D eigenvalue weighted by Crippen LogP contribution is -2.26. The first-order valence-corrected chi connectivity index (χ1v) is 8.87. The SMILES string of the molecule is O=C(NCCc1cn2ccsc2n1)c1cn(CC2CCCO2)nn1. The Kier molecular flexibility index (Phi) is 4.26. The summed E-state index contributed by atoms with van der Waals surface area (Å²) in [6, 6.07) is 0. The molecular formula is C15H18N6O2S. The normalized spacial score (nSPS) is 17.6. The average molecular weight is 346 g/mol. The highest BCUT2D eigenvalue weighted by molar-refractivity contribution is 7.15. The molecule has 8 nitrogen and oxygen atoms in total. The van der Waals surface area contributed by atoms with Crippen molar-refractivity contribution in [2.45, 2.75) is 31.9 Å². The molecule has 4 rings (SSSR count). The fourth-order valence-corrected chi connectivity index (χ4v) is 3.50. The maximum Gasteiger partial charge on any atom is 0.273 e. The van der Waals surface area contributed by atoms with Crippen LogP contribution >= 0.6 is 11.3 Å². The third-order valence-electron chi connectivity index (χ3n) is 4.00. The highest BCUT2D eigenvalue weighted by Crippen LogP contribution is 2.13. The number of nitrogens with zero attached hydrogens (tertiary/aromatic N) is 5. The summed E-state index contributed by atoms with van der Waals surface area (Å²) in [4.78, 5) is 17.6. The van der Waals surface area contributed by atoms with Crippen LogP contribution in [0.4, 0.5) is 0 Å². The van der Waals surface area contributed by atoms with Crippen LogP contribution in [-0.2, 0) is 17.7 Å². The van der Waals surface area contributed by atoms with Gasteiger partial charge in [0.1, 0.15) is 0 Å². The number of nitrogens with one attached hydrogen (secondary N) is 1. The van der Waals surface area contributed by atoms with E-state index in [1.165, 1.54) is 0 Å². The molecule has 1 atom stereocenters. The van der Waals surface area contributed by atoms with Crippen LogP contribution in [0.25, 0.3) is 4.96 Å². The largest absolute Gasteiger partial charge is 0.376 e. The smallest absolute Gasteiger partial charge is 0.273 e. The molecular weight excluding hydrogens is 328 g/mol. The minimum atomic E-state index is -0.213. The standard InChI is InChI=1S/C15H18N6O2S/c22-14(13-10-21(19-18-13)9-12-2-1-6-23-12)16-4-3-11-8-20-5-7-24-15(20)17-11/h5,7-8,10,12H,1-4,6,9H2,(H,16,22). The monoisotopic (exact) mass is 346 g/mol. The fourth-order valence-electron chi connectivity index (χ4n) is 2.78. The molecule has 0 saturated carbocycles. The van der Waals surface area contributed by atoms with Crippen molar-refractivity contribution < 1.29 is 9.53 Å². The molecule has 0 radical (unpaired) electrons. The molecule has 1 unspecified atom stereocenters. The molecule has 3 aromatic rings. The molecule has 1 aliphatic heterocycles. The second-order valence-electron chi connectivity index (χ2n) is 5.79. The summed E-state index contributed by atoms with van der Waals surface area (Å²) in [5.74, 6) is -0.213. The van der Waals surface area contributed by atoms with Crippen molar-refractivity contribution in [1.82, 2.24) is 29.7 Å². The summed E-state index contributed by atoms with van der Waals surface area (Å²) < 4.78 is 9.22. The minimum Gasteiger partial charge on any atom is -0.376 e. The number of fused-ring (bicyclic) bond motifs is 1. The van der Waals surface area contributed by atoms with Crippen molar-refractivity contribution >= 4 is 22.2 Å². The summed E-state index contributed by atoms with van der Waals surface area (Å²) in [5, 5.41) is 12.8. The van der Waals surface area contributed by atoms with E-state index >= 15 is 0 Å². The summed E-state index contributed by atoms with van der Waals surface area (Å²) in [6.07, 6.45) is 8.60. The molecule has 3 aromatic heterocycles. The number of thiazole rings is 1. The zero-order valence-electron chi connectivity index (χ0n) is 13.1. The Morgan fingerprint density at radius 3 is 3.25 bits per heavy atom. The first kappa shape index (κ1) is 15.3. The number of rotatable bonds is 6. The zero-order chi connectivity index (χ0) is 16.4. The first-order valence-electron chi connectivity index (χ1n) is 7.99. The van der Waals surface area contributed by atoms with Crippen LogP contribution in [0.15, 0.2) is 24.0 Å². The van der Waals surface area contributed by atoms with Gasteiger partial charge in [0.05, 0.1) is 24.5 Å². The van der Waals surface area contributed by atoms with Crippen LogP contribution in [0.2, 0.25) is 0 Å². The van der Waals surface area contributed by atoms with Gasteiger partial charge in [0.25, 0.3) is 5.91 Å². The highest BCUT2D eigenvalue weighted by atomic mass is 32.1. The van der Waals surface area contributed by atoms with Crippen LogP contribution in [0.5, 0.6) is 0 Å². The molecule has 1 amide bonds. The number of carbonyl (C=O) groups is 1. The van der Waals surface area contributed by atoms with E-state index in [-0.39, 0.29) is 12.0 Å². The van der Waals surface area contributed by atoms with Gasteiger partial charge in [0, 0.05) is 37.3 Å². The number of aromatic nitrogens is 5. The molecule has 0 aromatic carbocycles. The van der Waals surface area contributed by atoms with E-state index in [9.17, 15) is 4.79 Å². The first-order chi connectivity index (χ1) is 11.8. The van der Waals surface area contributed by atoms with E-state index in [0.717, 1.165) is 30.1 Å². The van der Waals surface area contributed by atoms with Crippen molar-refractivity contribution in [3.8, 4) is 0 Å². The van der Waals surface area contributed by atoms with Crippen molar-refractivity contribution in [2.24, 2.45) is 0 Å². The van der Waals surface area contributed by atoms with Crippen molar-refractivity contribution in [1.29, 1.82) is 0 Å². The number of imidazole rings is 1. The quantitative estimate of drug-likeness (QED) is 0.723. The Hall–Kier alpha value is -2.26. The van der Waals surface area contributed by atoms with Crippen LogP contribution < -0.4 is 5.32 Å². The maximum absolute atomic E-state index is 12.1. The van der Waals surface area contributed by atoms with Gasteiger partial charge >= 0.3 is 0 Å². The Labute approximate surface area is 142 Å². The lowest BCUT2D eigenvalue weighted by molar-refractivity contribution is 0.0930. The minimum absolute atomic E-state index is 0.178. The third kappa shape index (κ3) is 3.31. The van der Waals surface area contributed by atoms with Gasteiger partial charge < -0.3 is 10.1 Å². The number of ether oxygens (including phenoxy) is 1. The third-order valence-corrected chi connectivity index (χ3v) is 4.77. The van der Waals surface area contributed by atoms with Gasteiger partial charge in [-0.2, -0.15) is 0 Å². The van der Waals surface area contributed by atoms with Gasteiger partial charge in [-0.3, -0.25) is 9.20 Å². The number of carbonyl (C=O) groups excluding carboxylic acids is 1.